The maximum atomic E-state index is 13.4. The molecule has 1 aromatic carbocycles. The van der Waals surface area contributed by atoms with Crippen LogP contribution in [0.4, 0.5) is 4.39 Å². The molecule has 1 heterocycles. The summed E-state index contributed by atoms with van der Waals surface area (Å²) in [6, 6.07) is 5.81. The standard InChI is InChI=1S/C25H38FN3O4/c1-5-6-7-20(16-29(33)17-30)23(31)27-22(25(2,3)4)24(32)28-14-12-19(13-15-28)18-8-10-21(26)11-9-18/h8-11,17,19-20,22,33H,5-7,12-16H2,1-4H3,(H,27,31). The molecule has 1 fully saturated rings. The third-order valence-corrected chi connectivity index (χ3v) is 6.35. The van der Waals surface area contributed by atoms with Crippen LogP contribution in [0, 0.1) is 17.2 Å². The smallest absolute Gasteiger partial charge is 0.245 e. The van der Waals surface area contributed by atoms with Crippen LogP contribution in [-0.4, -0.2) is 59.1 Å². The first-order valence-electron chi connectivity index (χ1n) is 11.8. The summed E-state index contributed by atoms with van der Waals surface area (Å²) in [6.07, 6.45) is 4.00. The summed E-state index contributed by atoms with van der Waals surface area (Å²) in [7, 11) is 0. The minimum atomic E-state index is -0.722. The first-order chi connectivity index (χ1) is 15.6. The normalized spacial score (nSPS) is 16.7. The van der Waals surface area contributed by atoms with Crippen molar-refractivity contribution >= 4 is 18.2 Å². The Morgan fingerprint density at radius 3 is 2.36 bits per heavy atom. The highest BCUT2D eigenvalue weighted by atomic mass is 19.1. The van der Waals surface area contributed by atoms with Crippen molar-refractivity contribution in [2.45, 2.75) is 71.8 Å². The second kappa shape index (κ2) is 12.1. The SMILES string of the molecule is CCCCC(CN(O)C=O)C(=O)NC(C(=O)N1CCC(c2ccc(F)cc2)CC1)C(C)(C)C. The second-order valence-corrected chi connectivity index (χ2v) is 10.0. The van der Waals surface area contributed by atoms with Crippen molar-refractivity contribution in [3.05, 3.63) is 35.6 Å². The van der Waals surface area contributed by atoms with Crippen LogP contribution in [0.1, 0.15) is 71.3 Å². The molecule has 7 nitrogen and oxygen atoms in total. The predicted molar refractivity (Wildman–Crippen MR) is 124 cm³/mol. The Morgan fingerprint density at radius 1 is 1.24 bits per heavy atom. The maximum absolute atomic E-state index is 13.4. The van der Waals surface area contributed by atoms with E-state index in [0.717, 1.165) is 31.2 Å². The van der Waals surface area contributed by atoms with Crippen LogP contribution < -0.4 is 5.32 Å². The van der Waals surface area contributed by atoms with E-state index in [2.05, 4.69) is 5.32 Å². The van der Waals surface area contributed by atoms with Gasteiger partial charge in [-0.1, -0.05) is 52.7 Å². The van der Waals surface area contributed by atoms with Crippen molar-refractivity contribution in [2.24, 2.45) is 11.3 Å². The van der Waals surface area contributed by atoms with E-state index < -0.39 is 17.4 Å². The molecule has 33 heavy (non-hydrogen) atoms. The Hall–Kier alpha value is -2.48. The number of rotatable bonds is 10. The minimum absolute atomic E-state index is 0.108. The Balaban J connectivity index is 2.06. The van der Waals surface area contributed by atoms with Gasteiger partial charge in [0.2, 0.25) is 18.2 Å². The van der Waals surface area contributed by atoms with Gasteiger partial charge in [0.05, 0.1) is 12.5 Å². The van der Waals surface area contributed by atoms with Crippen LogP contribution in [-0.2, 0) is 14.4 Å². The molecule has 1 aliphatic heterocycles. The van der Waals surface area contributed by atoms with Gasteiger partial charge in [-0.25, -0.2) is 9.45 Å². The molecule has 3 amide bonds. The van der Waals surface area contributed by atoms with Crippen molar-refractivity contribution in [1.29, 1.82) is 0 Å². The van der Waals surface area contributed by atoms with E-state index in [9.17, 15) is 24.0 Å². The van der Waals surface area contributed by atoms with Crippen molar-refractivity contribution in [1.82, 2.24) is 15.3 Å². The number of piperidine rings is 1. The van der Waals surface area contributed by atoms with E-state index >= 15 is 0 Å². The molecule has 2 atom stereocenters. The number of carbonyl (C=O) groups excluding carboxylic acids is 3. The summed E-state index contributed by atoms with van der Waals surface area (Å²) in [6.45, 7) is 8.76. The molecule has 2 N–H and O–H groups in total. The molecular formula is C25H38FN3O4. The minimum Gasteiger partial charge on any atom is -0.344 e. The number of hydrogen-bond acceptors (Lipinski definition) is 4. The summed E-state index contributed by atoms with van der Waals surface area (Å²) < 4.78 is 13.2. The van der Waals surface area contributed by atoms with Gasteiger partial charge >= 0.3 is 0 Å². The van der Waals surface area contributed by atoms with Gasteiger partial charge in [0, 0.05) is 13.1 Å². The van der Waals surface area contributed by atoms with Gasteiger partial charge in [0.1, 0.15) is 11.9 Å². The highest BCUT2D eigenvalue weighted by Crippen LogP contribution is 2.30. The maximum Gasteiger partial charge on any atom is 0.245 e. The van der Waals surface area contributed by atoms with Gasteiger partial charge < -0.3 is 10.2 Å². The molecule has 1 saturated heterocycles. The largest absolute Gasteiger partial charge is 0.344 e. The summed E-state index contributed by atoms with van der Waals surface area (Å²) in [5.41, 5.74) is 0.561. The molecule has 2 unspecified atom stereocenters. The number of hydroxylamine groups is 2. The molecule has 0 bridgehead atoms. The molecule has 0 aromatic heterocycles. The average Bonchev–Trinajstić information content (AvgIpc) is 2.79. The lowest BCUT2D eigenvalue weighted by molar-refractivity contribution is -0.155. The fourth-order valence-electron chi connectivity index (χ4n) is 4.28. The predicted octanol–water partition coefficient (Wildman–Crippen LogP) is 3.72. The van der Waals surface area contributed by atoms with E-state index in [1.54, 1.807) is 17.0 Å². The lowest BCUT2D eigenvalue weighted by atomic mass is 9.84. The summed E-state index contributed by atoms with van der Waals surface area (Å²) in [4.78, 5) is 39.1. The number of likely N-dealkylation sites (tertiary alicyclic amines) is 1. The molecule has 1 aromatic rings. The molecule has 0 radical (unpaired) electrons. The Morgan fingerprint density at radius 2 is 1.85 bits per heavy atom. The molecule has 1 aliphatic rings. The molecule has 2 rings (SSSR count). The Kier molecular flexibility index (Phi) is 9.83. The topological polar surface area (TPSA) is 90.0 Å². The number of unbranched alkanes of at least 4 members (excludes halogenated alkanes) is 1. The zero-order valence-corrected chi connectivity index (χ0v) is 20.2. The lowest BCUT2D eigenvalue weighted by Gasteiger charge is -2.39. The second-order valence-electron chi connectivity index (χ2n) is 10.0. The van der Waals surface area contributed by atoms with Crippen molar-refractivity contribution < 1.29 is 24.0 Å². The summed E-state index contributed by atoms with van der Waals surface area (Å²) in [5, 5.41) is 13.0. The molecule has 0 saturated carbocycles. The first-order valence-corrected chi connectivity index (χ1v) is 11.8. The van der Waals surface area contributed by atoms with E-state index in [1.165, 1.54) is 12.1 Å². The zero-order valence-electron chi connectivity index (χ0n) is 20.2. The summed E-state index contributed by atoms with van der Waals surface area (Å²) >= 11 is 0. The van der Waals surface area contributed by atoms with Crippen LogP contribution in [0.2, 0.25) is 0 Å². The van der Waals surface area contributed by atoms with E-state index in [-0.39, 0.29) is 36.5 Å². The Labute approximate surface area is 196 Å². The number of nitrogens with one attached hydrogen (secondary N) is 1. The zero-order chi connectivity index (χ0) is 24.6. The van der Waals surface area contributed by atoms with Crippen LogP contribution >= 0.6 is 0 Å². The number of carbonyl (C=O) groups is 3. The van der Waals surface area contributed by atoms with Gasteiger partial charge in [-0.05, 0) is 48.3 Å². The van der Waals surface area contributed by atoms with Gasteiger partial charge in [0.25, 0.3) is 0 Å². The number of nitrogens with zero attached hydrogens (tertiary/aromatic N) is 2. The van der Waals surface area contributed by atoms with Gasteiger partial charge in [0.15, 0.2) is 0 Å². The lowest BCUT2D eigenvalue weighted by Crippen LogP contribution is -2.57. The number of amides is 3. The molecular weight excluding hydrogens is 425 g/mol. The van der Waals surface area contributed by atoms with Crippen molar-refractivity contribution in [3.63, 3.8) is 0 Å². The number of benzene rings is 1. The average molecular weight is 464 g/mol. The van der Waals surface area contributed by atoms with Crippen LogP contribution in [0.5, 0.6) is 0 Å². The number of hydrogen-bond donors (Lipinski definition) is 2. The van der Waals surface area contributed by atoms with Crippen molar-refractivity contribution in [3.8, 4) is 0 Å². The third-order valence-electron chi connectivity index (χ3n) is 6.35. The third kappa shape index (κ3) is 7.81. The quantitative estimate of drug-likeness (QED) is 0.314. The van der Waals surface area contributed by atoms with Crippen LogP contribution in [0.25, 0.3) is 0 Å². The first kappa shape index (κ1) is 26.8. The Bertz CT molecular complexity index is 786. The van der Waals surface area contributed by atoms with Crippen LogP contribution in [0.3, 0.4) is 0 Å². The monoisotopic (exact) mass is 463 g/mol. The van der Waals surface area contributed by atoms with E-state index in [0.29, 0.717) is 24.6 Å². The van der Waals surface area contributed by atoms with E-state index in [1.807, 2.05) is 27.7 Å². The van der Waals surface area contributed by atoms with Crippen LogP contribution in [0.15, 0.2) is 24.3 Å². The fraction of sp³-hybridized carbons (Fsp3) is 0.640. The highest BCUT2D eigenvalue weighted by Gasteiger charge is 2.38. The fourth-order valence-corrected chi connectivity index (χ4v) is 4.28. The van der Waals surface area contributed by atoms with Crippen molar-refractivity contribution in [2.75, 3.05) is 19.6 Å². The molecule has 184 valence electrons. The molecule has 0 spiro atoms. The molecule has 0 aliphatic carbocycles. The molecule has 8 heteroatoms. The van der Waals surface area contributed by atoms with E-state index in [4.69, 9.17) is 0 Å². The van der Waals surface area contributed by atoms with Gasteiger partial charge in [-0.3, -0.25) is 19.6 Å². The summed E-state index contributed by atoms with van der Waals surface area (Å²) in [5.74, 6) is -1.04. The number of halogens is 1. The highest BCUT2D eigenvalue weighted by molar-refractivity contribution is 5.89. The van der Waals surface area contributed by atoms with Gasteiger partial charge in [-0.2, -0.15) is 0 Å². The van der Waals surface area contributed by atoms with Gasteiger partial charge in [-0.15, -0.1) is 0 Å².